The van der Waals surface area contributed by atoms with Crippen LogP contribution in [-0.2, 0) is 4.79 Å². The number of hydrogen-bond donors (Lipinski definition) is 1. The van der Waals surface area contributed by atoms with Crippen LogP contribution < -0.4 is 9.47 Å². The summed E-state index contributed by atoms with van der Waals surface area (Å²) in [6.07, 6.45) is -6.54. The first-order valence-electron chi connectivity index (χ1n) is 8.25. The monoisotopic (exact) mass is 412 g/mol. The van der Waals surface area contributed by atoms with Crippen LogP contribution in [-0.4, -0.2) is 23.4 Å². The van der Waals surface area contributed by atoms with Crippen molar-refractivity contribution in [2.45, 2.75) is 33.1 Å². The van der Waals surface area contributed by atoms with Crippen molar-refractivity contribution in [3.8, 4) is 17.2 Å². The fraction of sp³-hybridized carbons (Fsp3) is 0.250. The van der Waals surface area contributed by atoms with Gasteiger partial charge in [-0.25, -0.2) is 4.79 Å². The molecule has 1 unspecified atom stereocenters. The van der Waals surface area contributed by atoms with E-state index >= 15 is 0 Å². The predicted molar refractivity (Wildman–Crippen MR) is 98.3 cm³/mol. The molecule has 0 saturated carbocycles. The van der Waals surface area contributed by atoms with Gasteiger partial charge in [0.1, 0.15) is 17.2 Å². The number of alkyl halides is 3. The third-order valence-corrected chi connectivity index (χ3v) is 4.75. The second-order valence-electron chi connectivity index (χ2n) is 6.57. The Morgan fingerprint density at radius 3 is 2.32 bits per heavy atom. The standard InChI is InChI=1S/C20H16ClF3O4/c1-9-4-11(3)15(5-10(9)2)27-17-8-16-12(7-14(17)21)6-13(19(25)26)18(28-16)20(22,23)24/h4-8,18H,1-3H3,(H,25,26). The third kappa shape index (κ3) is 3.80. The molecule has 2 aromatic carbocycles. The van der Waals surface area contributed by atoms with E-state index in [4.69, 9.17) is 26.2 Å². The van der Waals surface area contributed by atoms with Crippen LogP contribution in [0.15, 0.2) is 29.8 Å². The highest BCUT2D eigenvalue weighted by atomic mass is 35.5. The summed E-state index contributed by atoms with van der Waals surface area (Å²) in [6, 6.07) is 6.29. The molecule has 28 heavy (non-hydrogen) atoms. The van der Waals surface area contributed by atoms with Crippen molar-refractivity contribution in [1.29, 1.82) is 0 Å². The number of carbonyl (C=O) groups is 1. The zero-order valence-electron chi connectivity index (χ0n) is 15.1. The van der Waals surface area contributed by atoms with Crippen molar-refractivity contribution in [3.05, 3.63) is 57.1 Å². The SMILES string of the molecule is Cc1cc(C)c(Oc2cc3c(cc2Cl)C=C(C(=O)O)C(C(F)(F)F)O3)cc1C. The quantitative estimate of drug-likeness (QED) is 0.687. The fourth-order valence-corrected chi connectivity index (χ4v) is 3.07. The molecule has 3 rings (SSSR count). The number of hydrogen-bond acceptors (Lipinski definition) is 3. The summed E-state index contributed by atoms with van der Waals surface area (Å²) in [7, 11) is 0. The molecule has 8 heteroatoms. The second-order valence-corrected chi connectivity index (χ2v) is 6.98. The van der Waals surface area contributed by atoms with Crippen LogP contribution in [0.4, 0.5) is 13.2 Å². The maximum absolute atomic E-state index is 13.2. The smallest absolute Gasteiger partial charge is 0.430 e. The Kier molecular flexibility index (Phi) is 5.06. The Morgan fingerprint density at radius 2 is 1.71 bits per heavy atom. The summed E-state index contributed by atoms with van der Waals surface area (Å²) in [5.41, 5.74) is 2.11. The van der Waals surface area contributed by atoms with Gasteiger partial charge in [0.2, 0.25) is 6.10 Å². The number of ether oxygens (including phenoxy) is 2. The molecular weight excluding hydrogens is 397 g/mol. The number of benzene rings is 2. The molecule has 0 spiro atoms. The van der Waals surface area contributed by atoms with Gasteiger partial charge in [-0.3, -0.25) is 0 Å². The molecule has 148 valence electrons. The van der Waals surface area contributed by atoms with Crippen molar-refractivity contribution in [2.75, 3.05) is 0 Å². The van der Waals surface area contributed by atoms with Crippen LogP contribution in [0.5, 0.6) is 17.2 Å². The normalized spacial score (nSPS) is 16.1. The van der Waals surface area contributed by atoms with Crippen LogP contribution in [0.3, 0.4) is 0 Å². The molecule has 1 heterocycles. The van der Waals surface area contributed by atoms with E-state index in [1.54, 1.807) is 0 Å². The largest absolute Gasteiger partial charge is 0.478 e. The Balaban J connectivity index is 2.04. The third-order valence-electron chi connectivity index (χ3n) is 4.46. The van der Waals surface area contributed by atoms with E-state index in [0.29, 0.717) is 5.75 Å². The molecule has 0 aliphatic carbocycles. The Bertz CT molecular complexity index is 996. The number of fused-ring (bicyclic) bond motifs is 1. The van der Waals surface area contributed by atoms with Crippen molar-refractivity contribution >= 4 is 23.6 Å². The van der Waals surface area contributed by atoms with Crippen molar-refractivity contribution in [1.82, 2.24) is 0 Å². The molecule has 0 fully saturated rings. The van der Waals surface area contributed by atoms with E-state index in [2.05, 4.69) is 0 Å². The minimum absolute atomic E-state index is 0.111. The minimum Gasteiger partial charge on any atom is -0.478 e. The molecule has 1 aliphatic rings. The highest BCUT2D eigenvalue weighted by molar-refractivity contribution is 6.32. The molecule has 0 radical (unpaired) electrons. The number of aryl methyl sites for hydroxylation is 3. The Labute approximate surface area is 164 Å². The van der Waals surface area contributed by atoms with Crippen LogP contribution >= 0.6 is 11.6 Å². The Hall–Kier alpha value is -2.67. The van der Waals surface area contributed by atoms with Crippen LogP contribution in [0, 0.1) is 20.8 Å². The summed E-state index contributed by atoms with van der Waals surface area (Å²) in [4.78, 5) is 11.2. The lowest BCUT2D eigenvalue weighted by Crippen LogP contribution is -2.40. The zero-order chi connectivity index (χ0) is 20.8. The number of halogens is 4. The maximum atomic E-state index is 13.2. The summed E-state index contributed by atoms with van der Waals surface area (Å²) in [6.45, 7) is 5.70. The molecule has 0 bridgehead atoms. The van der Waals surface area contributed by atoms with E-state index in [0.717, 1.165) is 22.8 Å². The molecule has 0 aromatic heterocycles. The van der Waals surface area contributed by atoms with E-state index in [1.807, 2.05) is 32.9 Å². The van der Waals surface area contributed by atoms with Gasteiger partial charge in [-0.1, -0.05) is 17.7 Å². The summed E-state index contributed by atoms with van der Waals surface area (Å²) in [5, 5.41) is 9.21. The Morgan fingerprint density at radius 1 is 1.07 bits per heavy atom. The van der Waals surface area contributed by atoms with Gasteiger partial charge in [0, 0.05) is 11.6 Å². The van der Waals surface area contributed by atoms with Crippen molar-refractivity contribution in [2.24, 2.45) is 0 Å². The fourth-order valence-electron chi connectivity index (χ4n) is 2.86. The van der Waals surface area contributed by atoms with E-state index in [-0.39, 0.29) is 22.1 Å². The summed E-state index contributed by atoms with van der Waals surface area (Å²) in [5.74, 6) is -1.25. The number of carboxylic acids is 1. The van der Waals surface area contributed by atoms with Gasteiger partial charge in [0.15, 0.2) is 0 Å². The van der Waals surface area contributed by atoms with E-state index in [9.17, 15) is 18.0 Å². The number of carboxylic acid groups (broad SMARTS) is 1. The van der Waals surface area contributed by atoms with Crippen molar-refractivity contribution < 1.29 is 32.5 Å². The van der Waals surface area contributed by atoms with Gasteiger partial charge in [-0.05, 0) is 55.7 Å². The van der Waals surface area contributed by atoms with Gasteiger partial charge in [-0.15, -0.1) is 0 Å². The first-order chi connectivity index (χ1) is 13.0. The summed E-state index contributed by atoms with van der Waals surface area (Å²) < 4.78 is 50.4. The van der Waals surface area contributed by atoms with Gasteiger partial charge >= 0.3 is 12.1 Å². The molecule has 0 amide bonds. The van der Waals surface area contributed by atoms with Gasteiger partial charge in [-0.2, -0.15) is 13.2 Å². The second kappa shape index (κ2) is 7.05. The first-order valence-corrected chi connectivity index (χ1v) is 8.62. The molecule has 2 aromatic rings. The molecular formula is C20H16ClF3O4. The highest BCUT2D eigenvalue weighted by Crippen LogP contribution is 2.43. The van der Waals surface area contributed by atoms with Gasteiger partial charge in [0.25, 0.3) is 0 Å². The average molecular weight is 413 g/mol. The van der Waals surface area contributed by atoms with Gasteiger partial charge < -0.3 is 14.6 Å². The lowest BCUT2D eigenvalue weighted by atomic mass is 10.0. The lowest BCUT2D eigenvalue weighted by Gasteiger charge is -2.27. The minimum atomic E-state index is -4.88. The maximum Gasteiger partial charge on any atom is 0.430 e. The molecule has 1 aliphatic heterocycles. The topological polar surface area (TPSA) is 55.8 Å². The first kappa shape index (κ1) is 20.1. The molecule has 1 N–H and O–H groups in total. The van der Waals surface area contributed by atoms with Crippen molar-refractivity contribution in [3.63, 3.8) is 0 Å². The van der Waals surface area contributed by atoms with E-state index < -0.39 is 23.8 Å². The molecule has 4 nitrogen and oxygen atoms in total. The van der Waals surface area contributed by atoms with E-state index in [1.165, 1.54) is 12.1 Å². The zero-order valence-corrected chi connectivity index (χ0v) is 15.9. The van der Waals surface area contributed by atoms with Crippen LogP contribution in [0.1, 0.15) is 22.3 Å². The van der Waals surface area contributed by atoms with Gasteiger partial charge in [0.05, 0.1) is 10.6 Å². The highest BCUT2D eigenvalue weighted by Gasteiger charge is 2.48. The van der Waals surface area contributed by atoms with Crippen LogP contribution in [0.2, 0.25) is 5.02 Å². The summed E-state index contributed by atoms with van der Waals surface area (Å²) >= 11 is 6.21. The molecule has 1 atom stereocenters. The number of aliphatic carboxylic acids is 1. The number of rotatable bonds is 3. The predicted octanol–water partition coefficient (Wildman–Crippen LogP) is 5.85. The molecule has 0 saturated heterocycles. The average Bonchev–Trinajstić information content (AvgIpc) is 2.58. The van der Waals surface area contributed by atoms with Crippen LogP contribution in [0.25, 0.3) is 6.08 Å². The lowest BCUT2D eigenvalue weighted by molar-refractivity contribution is -0.187.